The van der Waals surface area contributed by atoms with Gasteiger partial charge in [0.15, 0.2) is 0 Å². The monoisotopic (exact) mass is 323 g/mol. The van der Waals surface area contributed by atoms with Gasteiger partial charge >= 0.3 is 0 Å². The van der Waals surface area contributed by atoms with Crippen LogP contribution in [0.15, 0.2) is 18.2 Å². The highest BCUT2D eigenvalue weighted by atomic mass is 19.3. The maximum Gasteiger partial charge on any atom is 0.270 e. The van der Waals surface area contributed by atoms with Crippen molar-refractivity contribution in [1.29, 1.82) is 0 Å². The third-order valence-electron chi connectivity index (χ3n) is 4.61. The molecule has 0 radical (unpaired) electrons. The Morgan fingerprint density at radius 2 is 2.17 bits per heavy atom. The minimum atomic E-state index is -2.96. The van der Waals surface area contributed by atoms with Gasteiger partial charge < -0.3 is 10.6 Å². The summed E-state index contributed by atoms with van der Waals surface area (Å²) >= 11 is 0. The van der Waals surface area contributed by atoms with Crippen molar-refractivity contribution in [2.45, 2.75) is 44.6 Å². The Kier molecular flexibility index (Phi) is 3.82. The number of hydrogen-bond donors (Lipinski definition) is 2. The summed E-state index contributed by atoms with van der Waals surface area (Å²) in [6, 6.07) is 4.25. The summed E-state index contributed by atoms with van der Waals surface area (Å²) in [5, 5.41) is 5.26. The molecule has 23 heavy (non-hydrogen) atoms. The first-order chi connectivity index (χ1) is 10.8. The Bertz CT molecular complexity index is 650. The van der Waals surface area contributed by atoms with Crippen LogP contribution in [0.25, 0.3) is 0 Å². The lowest BCUT2D eigenvalue weighted by molar-refractivity contribution is -0.142. The summed E-state index contributed by atoms with van der Waals surface area (Å²) in [7, 11) is 0. The summed E-state index contributed by atoms with van der Waals surface area (Å²) < 4.78 is 28.2. The Labute approximate surface area is 132 Å². The van der Waals surface area contributed by atoms with Gasteiger partial charge in [-0.1, -0.05) is 6.07 Å². The van der Waals surface area contributed by atoms with Crippen LogP contribution < -0.4 is 10.6 Å². The fourth-order valence-corrected chi connectivity index (χ4v) is 3.65. The van der Waals surface area contributed by atoms with Crippen molar-refractivity contribution in [3.63, 3.8) is 0 Å². The molecule has 124 valence electrons. The molecule has 1 aromatic rings. The number of pyridine rings is 1. The van der Waals surface area contributed by atoms with Crippen LogP contribution in [0.2, 0.25) is 0 Å². The topological polar surface area (TPSA) is 71.1 Å². The van der Waals surface area contributed by atoms with Crippen LogP contribution in [0.3, 0.4) is 0 Å². The summed E-state index contributed by atoms with van der Waals surface area (Å²) in [6.45, 7) is 2.17. The number of nitrogens with zero attached hydrogens (tertiary/aromatic N) is 1. The van der Waals surface area contributed by atoms with Crippen molar-refractivity contribution in [1.82, 2.24) is 15.6 Å². The summed E-state index contributed by atoms with van der Waals surface area (Å²) in [5.41, 5.74) is -0.193. The number of alkyl halides is 2. The van der Waals surface area contributed by atoms with Gasteiger partial charge in [0.05, 0.1) is 5.41 Å². The molecule has 1 saturated heterocycles. The van der Waals surface area contributed by atoms with E-state index in [0.717, 1.165) is 0 Å². The number of carbonyl (C=O) groups excluding carboxylic acids is 2. The van der Waals surface area contributed by atoms with E-state index in [0.29, 0.717) is 18.7 Å². The van der Waals surface area contributed by atoms with Gasteiger partial charge in [0.25, 0.3) is 11.8 Å². The van der Waals surface area contributed by atoms with E-state index < -0.39 is 36.1 Å². The Balaban J connectivity index is 1.77. The van der Waals surface area contributed by atoms with E-state index in [4.69, 9.17) is 0 Å². The minimum absolute atomic E-state index is 0.198. The molecular weight excluding hydrogens is 304 g/mol. The maximum atomic E-state index is 14.1. The van der Waals surface area contributed by atoms with Gasteiger partial charge in [0.2, 0.25) is 5.91 Å². The molecule has 2 fully saturated rings. The molecule has 5 nitrogen and oxygen atoms in total. The van der Waals surface area contributed by atoms with Crippen molar-refractivity contribution < 1.29 is 18.4 Å². The zero-order valence-corrected chi connectivity index (χ0v) is 12.9. The molecule has 2 aliphatic rings. The highest BCUT2D eigenvalue weighted by Crippen LogP contribution is 2.48. The lowest BCUT2D eigenvalue weighted by Gasteiger charge is -2.40. The summed E-state index contributed by atoms with van der Waals surface area (Å²) in [6.07, 6.45) is -0.261. The van der Waals surface area contributed by atoms with Crippen LogP contribution in [0.1, 0.15) is 41.9 Å². The van der Waals surface area contributed by atoms with Crippen molar-refractivity contribution in [2.24, 2.45) is 5.41 Å². The van der Waals surface area contributed by atoms with Gasteiger partial charge in [0.1, 0.15) is 5.69 Å². The largest absolute Gasteiger partial charge is 0.356 e. The van der Waals surface area contributed by atoms with Crippen LogP contribution in [0, 0.1) is 12.3 Å². The second kappa shape index (κ2) is 5.54. The molecule has 1 aliphatic heterocycles. The number of nitrogens with one attached hydrogen (secondary N) is 2. The van der Waals surface area contributed by atoms with E-state index in [2.05, 4.69) is 15.6 Å². The van der Waals surface area contributed by atoms with Crippen molar-refractivity contribution in [2.75, 3.05) is 6.54 Å². The standard InChI is InChI=1S/C16H19F2N3O2/c1-10-3-2-4-12(20-10)13(22)21-11-7-15(5-6-19-14(15)23)9-16(17,18)8-11/h2-4,11H,5-9H2,1H3,(H,19,23)(H,21,22)/t11-,15+/m1/s1. The zero-order chi connectivity index (χ0) is 16.7. The van der Waals surface area contributed by atoms with Gasteiger partial charge in [-0.2, -0.15) is 0 Å². The van der Waals surface area contributed by atoms with Crippen LogP contribution in [-0.4, -0.2) is 35.3 Å². The van der Waals surface area contributed by atoms with Gasteiger partial charge in [-0.05, 0) is 31.9 Å². The molecule has 0 bridgehead atoms. The van der Waals surface area contributed by atoms with Gasteiger partial charge in [-0.15, -0.1) is 0 Å². The second-order valence-corrected chi connectivity index (χ2v) is 6.56. The number of aromatic nitrogens is 1. The molecule has 2 N–H and O–H groups in total. The van der Waals surface area contributed by atoms with Gasteiger partial charge in [-0.25, -0.2) is 13.8 Å². The molecule has 2 atom stereocenters. The molecule has 7 heteroatoms. The van der Waals surface area contributed by atoms with E-state index in [-0.39, 0.29) is 18.0 Å². The van der Waals surface area contributed by atoms with Crippen LogP contribution in [0.4, 0.5) is 8.78 Å². The van der Waals surface area contributed by atoms with Crippen molar-refractivity contribution in [3.8, 4) is 0 Å². The first kappa shape index (κ1) is 15.8. The van der Waals surface area contributed by atoms with E-state index in [1.165, 1.54) is 0 Å². The Hall–Kier alpha value is -2.05. The molecule has 1 spiro atoms. The third kappa shape index (κ3) is 3.18. The number of carbonyl (C=O) groups is 2. The first-order valence-electron chi connectivity index (χ1n) is 7.70. The van der Waals surface area contributed by atoms with Gasteiger partial charge in [0, 0.05) is 31.1 Å². The van der Waals surface area contributed by atoms with Crippen LogP contribution in [-0.2, 0) is 4.79 Å². The van der Waals surface area contributed by atoms with E-state index in [1.807, 2.05) is 0 Å². The molecule has 3 rings (SSSR count). The van der Waals surface area contributed by atoms with Crippen molar-refractivity contribution >= 4 is 11.8 Å². The summed E-state index contributed by atoms with van der Waals surface area (Å²) in [5.74, 6) is -3.77. The van der Waals surface area contributed by atoms with Crippen LogP contribution in [0.5, 0.6) is 0 Å². The maximum absolute atomic E-state index is 14.1. The highest BCUT2D eigenvalue weighted by molar-refractivity contribution is 5.92. The van der Waals surface area contributed by atoms with E-state index >= 15 is 0 Å². The van der Waals surface area contributed by atoms with E-state index in [1.54, 1.807) is 25.1 Å². The Morgan fingerprint density at radius 3 is 2.83 bits per heavy atom. The molecule has 1 aliphatic carbocycles. The predicted molar refractivity (Wildman–Crippen MR) is 79.1 cm³/mol. The average Bonchev–Trinajstić information content (AvgIpc) is 2.77. The Morgan fingerprint density at radius 1 is 1.39 bits per heavy atom. The second-order valence-electron chi connectivity index (χ2n) is 6.56. The lowest BCUT2D eigenvalue weighted by Crippen LogP contribution is -2.51. The molecule has 2 amide bonds. The summed E-state index contributed by atoms with van der Waals surface area (Å²) in [4.78, 5) is 28.4. The van der Waals surface area contributed by atoms with Crippen molar-refractivity contribution in [3.05, 3.63) is 29.6 Å². The molecule has 1 saturated carbocycles. The fraction of sp³-hybridized carbons (Fsp3) is 0.562. The number of rotatable bonds is 2. The molecule has 2 heterocycles. The number of amides is 2. The molecule has 0 aromatic carbocycles. The lowest BCUT2D eigenvalue weighted by atomic mass is 9.69. The molecular formula is C16H19F2N3O2. The molecule has 1 aromatic heterocycles. The fourth-order valence-electron chi connectivity index (χ4n) is 3.65. The average molecular weight is 323 g/mol. The first-order valence-corrected chi connectivity index (χ1v) is 7.70. The number of hydrogen-bond acceptors (Lipinski definition) is 3. The quantitative estimate of drug-likeness (QED) is 0.872. The minimum Gasteiger partial charge on any atom is -0.356 e. The smallest absolute Gasteiger partial charge is 0.270 e. The molecule has 0 unspecified atom stereocenters. The van der Waals surface area contributed by atoms with Crippen LogP contribution >= 0.6 is 0 Å². The number of halogens is 2. The normalized spacial score (nSPS) is 29.3. The third-order valence-corrected chi connectivity index (χ3v) is 4.61. The van der Waals surface area contributed by atoms with E-state index in [9.17, 15) is 18.4 Å². The number of aryl methyl sites for hydroxylation is 1. The highest BCUT2D eigenvalue weighted by Gasteiger charge is 2.55. The SMILES string of the molecule is Cc1cccc(C(=O)N[C@H]2CC(F)(F)C[C@]3(CCNC3=O)C2)n1. The predicted octanol–water partition coefficient (Wildman–Crippen LogP) is 1.81. The van der Waals surface area contributed by atoms with Gasteiger partial charge in [-0.3, -0.25) is 9.59 Å². The zero-order valence-electron chi connectivity index (χ0n) is 12.9.